The summed E-state index contributed by atoms with van der Waals surface area (Å²) in [5, 5.41) is 11.2. The van der Waals surface area contributed by atoms with Gasteiger partial charge in [-0.3, -0.25) is 4.79 Å². The lowest BCUT2D eigenvalue weighted by atomic mass is 10.7. The number of thioether (sulfide) groups is 1. The minimum atomic E-state index is 0.00727. The van der Waals surface area contributed by atoms with Crippen LogP contribution in [0.5, 0.6) is 0 Å². The second-order valence-corrected chi connectivity index (χ2v) is 4.45. The summed E-state index contributed by atoms with van der Waals surface area (Å²) in [5.74, 6) is 0.415. The highest BCUT2D eigenvalue weighted by atomic mass is 32.2. The van der Waals surface area contributed by atoms with Gasteiger partial charge in [-0.2, -0.15) is 0 Å². The van der Waals surface area contributed by atoms with Crippen LogP contribution in [0.4, 0.5) is 0 Å². The van der Waals surface area contributed by atoms with Gasteiger partial charge in [0, 0.05) is 7.05 Å². The third kappa shape index (κ3) is 2.78. The molecule has 0 aromatic carbocycles. The van der Waals surface area contributed by atoms with E-state index >= 15 is 0 Å². The number of carbonyl (C=O) groups excluding carboxylic acids is 1. The Kier molecular flexibility index (Phi) is 3.48. The van der Waals surface area contributed by atoms with Crippen molar-refractivity contribution in [2.75, 3.05) is 12.8 Å². The van der Waals surface area contributed by atoms with E-state index in [1.165, 1.54) is 23.1 Å². The van der Waals surface area contributed by atoms with Crippen LogP contribution in [0.3, 0.4) is 0 Å². The van der Waals surface area contributed by atoms with Crippen molar-refractivity contribution in [1.82, 2.24) is 15.5 Å². The molecule has 0 aliphatic rings. The summed E-state index contributed by atoms with van der Waals surface area (Å²) in [4.78, 5) is 10.8. The van der Waals surface area contributed by atoms with Crippen LogP contribution in [0, 0.1) is 6.92 Å². The molecule has 12 heavy (non-hydrogen) atoms. The van der Waals surface area contributed by atoms with Gasteiger partial charge in [-0.25, -0.2) is 0 Å². The van der Waals surface area contributed by atoms with E-state index < -0.39 is 0 Å². The number of carbonyl (C=O) groups is 1. The molecule has 0 bridgehead atoms. The summed E-state index contributed by atoms with van der Waals surface area (Å²) in [6.45, 7) is 1.89. The number of nitrogens with zero attached hydrogens (tertiary/aromatic N) is 2. The second-order valence-electron chi connectivity index (χ2n) is 2.05. The van der Waals surface area contributed by atoms with Gasteiger partial charge in [-0.15, -0.1) is 10.2 Å². The highest BCUT2D eigenvalue weighted by Gasteiger charge is 2.03. The van der Waals surface area contributed by atoms with E-state index in [4.69, 9.17) is 0 Å². The largest absolute Gasteiger partial charge is 0.358 e. The van der Waals surface area contributed by atoms with Gasteiger partial charge >= 0.3 is 0 Å². The standard InChI is InChI=1S/C6H9N3OS2/c1-4-8-9-6(12-4)11-3-5(10)7-2/h3H2,1-2H3,(H,7,10). The Hall–Kier alpha value is -0.620. The van der Waals surface area contributed by atoms with Crippen molar-refractivity contribution in [3.05, 3.63) is 5.01 Å². The van der Waals surface area contributed by atoms with E-state index in [-0.39, 0.29) is 5.91 Å². The lowest BCUT2D eigenvalue weighted by Crippen LogP contribution is -2.19. The Balaban J connectivity index is 2.38. The number of aryl methyl sites for hydroxylation is 1. The van der Waals surface area contributed by atoms with E-state index in [1.54, 1.807) is 7.05 Å². The quantitative estimate of drug-likeness (QED) is 0.734. The first-order valence-electron chi connectivity index (χ1n) is 3.36. The van der Waals surface area contributed by atoms with Gasteiger partial charge in [0.15, 0.2) is 4.34 Å². The molecule has 1 heterocycles. The Morgan fingerprint density at radius 2 is 2.42 bits per heavy atom. The molecular formula is C6H9N3OS2. The lowest BCUT2D eigenvalue weighted by molar-refractivity contribution is -0.118. The maximum atomic E-state index is 10.8. The predicted molar refractivity (Wildman–Crippen MR) is 49.4 cm³/mol. The molecule has 1 aromatic rings. The molecule has 0 spiro atoms. The summed E-state index contributed by atoms with van der Waals surface area (Å²) < 4.78 is 0.844. The molecule has 1 N–H and O–H groups in total. The predicted octanol–water partition coefficient (Wildman–Crippen LogP) is 0.685. The minimum absolute atomic E-state index is 0.00727. The van der Waals surface area contributed by atoms with Gasteiger partial charge < -0.3 is 5.32 Å². The monoisotopic (exact) mass is 203 g/mol. The summed E-state index contributed by atoms with van der Waals surface area (Å²) in [6.07, 6.45) is 0. The third-order valence-electron chi connectivity index (χ3n) is 1.11. The minimum Gasteiger partial charge on any atom is -0.358 e. The molecule has 1 rings (SSSR count). The van der Waals surface area contributed by atoms with Crippen LogP contribution in [0.25, 0.3) is 0 Å². The van der Waals surface area contributed by atoms with Crippen LogP contribution in [-0.2, 0) is 4.79 Å². The maximum Gasteiger partial charge on any atom is 0.230 e. The maximum absolute atomic E-state index is 10.8. The molecule has 0 aliphatic carbocycles. The van der Waals surface area contributed by atoms with Crippen molar-refractivity contribution in [3.63, 3.8) is 0 Å². The zero-order chi connectivity index (χ0) is 8.97. The highest BCUT2D eigenvalue weighted by molar-refractivity contribution is 8.01. The van der Waals surface area contributed by atoms with E-state index in [0.29, 0.717) is 5.75 Å². The van der Waals surface area contributed by atoms with Gasteiger partial charge in [-0.05, 0) is 6.92 Å². The second kappa shape index (κ2) is 4.42. The van der Waals surface area contributed by atoms with Gasteiger partial charge in [0.25, 0.3) is 0 Å². The van der Waals surface area contributed by atoms with Gasteiger partial charge in [0.05, 0.1) is 5.75 Å². The first kappa shape index (κ1) is 9.47. The number of hydrogen-bond donors (Lipinski definition) is 1. The van der Waals surface area contributed by atoms with Gasteiger partial charge in [-0.1, -0.05) is 23.1 Å². The fraction of sp³-hybridized carbons (Fsp3) is 0.500. The molecule has 0 unspecified atom stereocenters. The van der Waals surface area contributed by atoms with Crippen molar-refractivity contribution in [2.45, 2.75) is 11.3 Å². The molecule has 0 atom stereocenters. The lowest BCUT2D eigenvalue weighted by Gasteiger charge is -1.94. The molecule has 0 fully saturated rings. The van der Waals surface area contributed by atoms with Crippen molar-refractivity contribution in [2.24, 2.45) is 0 Å². The van der Waals surface area contributed by atoms with E-state index in [0.717, 1.165) is 9.35 Å². The van der Waals surface area contributed by atoms with Gasteiger partial charge in [0.2, 0.25) is 5.91 Å². The molecule has 0 aliphatic heterocycles. The van der Waals surface area contributed by atoms with E-state index in [9.17, 15) is 4.79 Å². The number of aromatic nitrogens is 2. The van der Waals surface area contributed by atoms with Crippen molar-refractivity contribution in [1.29, 1.82) is 0 Å². The molecule has 66 valence electrons. The van der Waals surface area contributed by atoms with Crippen molar-refractivity contribution in [3.8, 4) is 0 Å². The molecule has 0 saturated heterocycles. The van der Waals surface area contributed by atoms with Crippen molar-refractivity contribution >= 4 is 29.0 Å². The topological polar surface area (TPSA) is 54.9 Å². The first-order valence-corrected chi connectivity index (χ1v) is 5.16. The fourth-order valence-electron chi connectivity index (χ4n) is 0.536. The number of nitrogens with one attached hydrogen (secondary N) is 1. The summed E-state index contributed by atoms with van der Waals surface area (Å²) >= 11 is 2.91. The van der Waals surface area contributed by atoms with E-state index in [2.05, 4.69) is 15.5 Å². The normalized spacial score (nSPS) is 9.83. The van der Waals surface area contributed by atoms with Crippen LogP contribution in [0.15, 0.2) is 4.34 Å². The van der Waals surface area contributed by atoms with Crippen LogP contribution in [0.1, 0.15) is 5.01 Å². The third-order valence-corrected chi connectivity index (χ3v) is 3.09. The van der Waals surface area contributed by atoms with Crippen LogP contribution < -0.4 is 5.32 Å². The summed E-state index contributed by atoms with van der Waals surface area (Å²) in [6, 6.07) is 0. The average Bonchev–Trinajstić information content (AvgIpc) is 2.47. The Bertz CT molecular complexity index is 274. The van der Waals surface area contributed by atoms with Gasteiger partial charge in [0.1, 0.15) is 5.01 Å². The molecule has 0 saturated carbocycles. The SMILES string of the molecule is CNC(=O)CSc1nnc(C)s1. The van der Waals surface area contributed by atoms with E-state index in [1.807, 2.05) is 6.92 Å². The van der Waals surface area contributed by atoms with Crippen molar-refractivity contribution < 1.29 is 4.79 Å². The number of amides is 1. The summed E-state index contributed by atoms with van der Waals surface area (Å²) in [7, 11) is 1.62. The Morgan fingerprint density at radius 1 is 1.67 bits per heavy atom. The number of rotatable bonds is 3. The average molecular weight is 203 g/mol. The van der Waals surface area contributed by atoms with Crippen LogP contribution in [0.2, 0.25) is 0 Å². The van der Waals surface area contributed by atoms with Crippen LogP contribution >= 0.6 is 23.1 Å². The molecule has 4 nitrogen and oxygen atoms in total. The molecule has 0 radical (unpaired) electrons. The smallest absolute Gasteiger partial charge is 0.230 e. The summed E-state index contributed by atoms with van der Waals surface area (Å²) in [5.41, 5.74) is 0. The van der Waals surface area contributed by atoms with Crippen LogP contribution in [-0.4, -0.2) is 28.9 Å². The fourth-order valence-corrected chi connectivity index (χ4v) is 2.22. The molecular weight excluding hydrogens is 194 g/mol. The highest BCUT2D eigenvalue weighted by Crippen LogP contribution is 2.20. The molecule has 1 amide bonds. The Labute approximate surface area is 78.8 Å². The molecule has 1 aromatic heterocycles. The Morgan fingerprint density at radius 3 is 2.92 bits per heavy atom. The number of hydrogen-bond acceptors (Lipinski definition) is 5. The zero-order valence-electron chi connectivity index (χ0n) is 6.83. The first-order chi connectivity index (χ1) is 5.72. The zero-order valence-corrected chi connectivity index (χ0v) is 8.46. The molecule has 6 heteroatoms.